The molecule has 0 saturated carbocycles. The van der Waals surface area contributed by atoms with Gasteiger partial charge in [-0.15, -0.1) is 0 Å². The first-order valence-corrected chi connectivity index (χ1v) is 9.59. The van der Waals surface area contributed by atoms with Crippen molar-refractivity contribution in [3.8, 4) is 11.5 Å². The minimum atomic E-state index is -0.0858. The van der Waals surface area contributed by atoms with E-state index in [1.165, 1.54) is 0 Å². The summed E-state index contributed by atoms with van der Waals surface area (Å²) in [5, 5.41) is 0. The van der Waals surface area contributed by atoms with Gasteiger partial charge in [-0.05, 0) is 54.0 Å². The van der Waals surface area contributed by atoms with Gasteiger partial charge in [-0.3, -0.25) is 14.7 Å². The lowest BCUT2D eigenvalue weighted by molar-refractivity contribution is 0.0872. The second kappa shape index (κ2) is 7.18. The molecule has 0 fully saturated rings. The molecule has 29 heavy (non-hydrogen) atoms. The van der Waals surface area contributed by atoms with Crippen molar-refractivity contribution in [1.82, 2.24) is 9.88 Å². The van der Waals surface area contributed by atoms with Crippen LogP contribution in [0.3, 0.4) is 0 Å². The average molecular weight is 384 g/mol. The van der Waals surface area contributed by atoms with Crippen LogP contribution in [0.15, 0.2) is 66.7 Å². The summed E-state index contributed by atoms with van der Waals surface area (Å²) >= 11 is 0. The van der Waals surface area contributed by atoms with Crippen molar-refractivity contribution in [3.63, 3.8) is 0 Å². The summed E-state index contributed by atoms with van der Waals surface area (Å²) in [7, 11) is 0. The molecule has 0 unspecified atom stereocenters. The molecule has 0 spiro atoms. The molecule has 0 aliphatic carbocycles. The number of hydrogen-bond acceptors (Lipinski definition) is 5. The Morgan fingerprint density at radius 3 is 2.76 bits per heavy atom. The van der Waals surface area contributed by atoms with E-state index in [1.807, 2.05) is 55.5 Å². The average Bonchev–Trinajstić information content (AvgIpc) is 3.06. The van der Waals surface area contributed by atoms with Gasteiger partial charge in [0.25, 0.3) is 0 Å². The molecule has 3 aromatic rings. The van der Waals surface area contributed by atoms with Crippen LogP contribution in [0.2, 0.25) is 0 Å². The number of hydrogen-bond donors (Lipinski definition) is 0. The molecule has 0 radical (unpaired) electrons. The number of aromatic nitrogens is 1. The Bertz CT molecular complexity index is 1120. The number of aryl methyl sites for hydroxylation is 1. The second-order valence-corrected chi connectivity index (χ2v) is 7.33. The van der Waals surface area contributed by atoms with E-state index >= 15 is 0 Å². The van der Waals surface area contributed by atoms with Crippen molar-refractivity contribution in [2.45, 2.75) is 20.0 Å². The number of pyridine rings is 1. The van der Waals surface area contributed by atoms with Gasteiger partial charge < -0.3 is 9.47 Å². The largest absolute Gasteiger partial charge is 0.478 e. The van der Waals surface area contributed by atoms with E-state index < -0.39 is 0 Å². The molecule has 2 aliphatic heterocycles. The van der Waals surface area contributed by atoms with Crippen molar-refractivity contribution < 1.29 is 14.3 Å². The molecule has 1 aromatic heterocycles. The smallest absolute Gasteiger partial charge is 0.231 e. The maximum absolute atomic E-state index is 12.9. The Morgan fingerprint density at radius 2 is 1.93 bits per heavy atom. The van der Waals surface area contributed by atoms with E-state index in [0.717, 1.165) is 34.5 Å². The molecule has 0 saturated heterocycles. The van der Waals surface area contributed by atoms with E-state index in [9.17, 15) is 4.79 Å². The fraction of sp³-hybridized carbons (Fsp3) is 0.167. The predicted octanol–water partition coefficient (Wildman–Crippen LogP) is 4.36. The van der Waals surface area contributed by atoms with Crippen LogP contribution in [0.4, 0.5) is 0 Å². The van der Waals surface area contributed by atoms with Crippen LogP contribution < -0.4 is 9.47 Å². The van der Waals surface area contributed by atoms with Gasteiger partial charge in [0, 0.05) is 25.5 Å². The monoisotopic (exact) mass is 384 g/mol. The zero-order valence-corrected chi connectivity index (χ0v) is 16.1. The molecular formula is C24H20N2O3. The number of rotatable bonds is 3. The maximum Gasteiger partial charge on any atom is 0.231 e. The molecule has 2 aliphatic rings. The zero-order chi connectivity index (χ0) is 19.8. The number of benzene rings is 2. The van der Waals surface area contributed by atoms with E-state index in [1.54, 1.807) is 18.5 Å². The fourth-order valence-corrected chi connectivity index (χ4v) is 3.74. The highest BCUT2D eigenvalue weighted by atomic mass is 16.5. The van der Waals surface area contributed by atoms with E-state index in [0.29, 0.717) is 30.3 Å². The minimum Gasteiger partial charge on any atom is -0.478 e. The molecular weight excluding hydrogens is 364 g/mol. The third kappa shape index (κ3) is 3.30. The van der Waals surface area contributed by atoms with Gasteiger partial charge in [-0.1, -0.05) is 24.3 Å². The Morgan fingerprint density at radius 1 is 1.10 bits per heavy atom. The Kier molecular flexibility index (Phi) is 4.37. The molecule has 0 amide bonds. The van der Waals surface area contributed by atoms with Crippen molar-refractivity contribution in [2.24, 2.45) is 0 Å². The van der Waals surface area contributed by atoms with Gasteiger partial charge in [0.05, 0.1) is 11.1 Å². The van der Waals surface area contributed by atoms with Gasteiger partial charge in [-0.2, -0.15) is 0 Å². The third-order valence-corrected chi connectivity index (χ3v) is 5.31. The first-order valence-electron chi connectivity index (χ1n) is 9.59. The van der Waals surface area contributed by atoms with Crippen LogP contribution >= 0.6 is 0 Å². The molecule has 0 N–H and O–H groups in total. The van der Waals surface area contributed by atoms with Gasteiger partial charge in [0.15, 0.2) is 5.76 Å². The summed E-state index contributed by atoms with van der Waals surface area (Å²) < 4.78 is 12.0. The molecule has 5 nitrogen and oxygen atoms in total. The quantitative estimate of drug-likeness (QED) is 0.628. The number of carbonyl (C=O) groups excluding carboxylic acids is 1. The highest BCUT2D eigenvalue weighted by Crippen LogP contribution is 2.42. The van der Waals surface area contributed by atoms with E-state index in [2.05, 4.69) is 9.88 Å². The lowest BCUT2D eigenvalue weighted by Crippen LogP contribution is -2.31. The van der Waals surface area contributed by atoms with Crippen LogP contribution in [-0.4, -0.2) is 22.4 Å². The summed E-state index contributed by atoms with van der Waals surface area (Å²) in [6, 6.07) is 15.6. The topological polar surface area (TPSA) is 51.7 Å². The van der Waals surface area contributed by atoms with Crippen molar-refractivity contribution in [1.29, 1.82) is 0 Å². The first-order chi connectivity index (χ1) is 14.2. The summed E-state index contributed by atoms with van der Waals surface area (Å²) in [5.41, 5.74) is 4.76. The van der Waals surface area contributed by atoms with Gasteiger partial charge >= 0.3 is 0 Å². The number of carbonyl (C=O) groups is 1. The SMILES string of the molecule is Cc1ccccc1/C=C1\Oc2c(ccc3c2CN(Cc2ccncc2)CO3)C1=O. The molecule has 2 aromatic carbocycles. The summed E-state index contributed by atoms with van der Waals surface area (Å²) in [6.07, 6.45) is 5.40. The van der Waals surface area contributed by atoms with Crippen LogP contribution in [0.1, 0.15) is 32.6 Å². The zero-order valence-electron chi connectivity index (χ0n) is 16.1. The molecule has 0 bridgehead atoms. The van der Waals surface area contributed by atoms with Crippen LogP contribution in [-0.2, 0) is 13.1 Å². The van der Waals surface area contributed by atoms with Gasteiger partial charge in [0.1, 0.15) is 18.2 Å². The highest BCUT2D eigenvalue weighted by Gasteiger charge is 2.33. The normalized spacial score (nSPS) is 16.9. The number of ketones is 1. The lowest BCUT2D eigenvalue weighted by Gasteiger charge is -2.29. The first kappa shape index (κ1) is 17.6. The van der Waals surface area contributed by atoms with Crippen molar-refractivity contribution in [2.75, 3.05) is 6.73 Å². The lowest BCUT2D eigenvalue weighted by atomic mass is 10.0. The molecule has 5 heteroatoms. The van der Waals surface area contributed by atoms with Gasteiger partial charge in [0.2, 0.25) is 5.78 Å². The third-order valence-electron chi connectivity index (χ3n) is 5.31. The number of fused-ring (bicyclic) bond motifs is 3. The van der Waals surface area contributed by atoms with Crippen molar-refractivity contribution >= 4 is 11.9 Å². The Balaban J connectivity index is 1.45. The minimum absolute atomic E-state index is 0.0858. The van der Waals surface area contributed by atoms with E-state index in [4.69, 9.17) is 9.47 Å². The Hall–Kier alpha value is -3.44. The number of ether oxygens (including phenoxy) is 2. The number of Topliss-reactive ketones (excluding diaryl/α,β-unsaturated/α-hetero) is 1. The van der Waals surface area contributed by atoms with E-state index in [-0.39, 0.29) is 5.78 Å². The fourth-order valence-electron chi connectivity index (χ4n) is 3.74. The summed E-state index contributed by atoms with van der Waals surface area (Å²) in [5.74, 6) is 1.66. The van der Waals surface area contributed by atoms with Crippen molar-refractivity contribution in [3.05, 3.63) is 94.5 Å². The molecule has 3 heterocycles. The summed E-state index contributed by atoms with van der Waals surface area (Å²) in [6.45, 7) is 3.91. The van der Waals surface area contributed by atoms with Crippen LogP contribution in [0, 0.1) is 6.92 Å². The van der Waals surface area contributed by atoms with Crippen LogP contribution in [0.5, 0.6) is 11.5 Å². The number of allylic oxidation sites excluding steroid dienone is 1. The standard InChI is InChI=1S/C24H20N2O3/c1-16-4-2-3-5-18(16)12-22-23(27)19-6-7-21-20(24(19)29-22)14-26(15-28-21)13-17-8-10-25-11-9-17/h2-12H,13-15H2,1H3/b22-12-. The second-order valence-electron chi connectivity index (χ2n) is 7.33. The van der Waals surface area contributed by atoms with Gasteiger partial charge in [-0.25, -0.2) is 0 Å². The maximum atomic E-state index is 12.9. The molecule has 5 rings (SSSR count). The molecule has 0 atom stereocenters. The number of nitrogens with zero attached hydrogens (tertiary/aromatic N) is 2. The summed E-state index contributed by atoms with van der Waals surface area (Å²) in [4.78, 5) is 19.2. The Labute approximate surface area is 169 Å². The molecule has 144 valence electrons. The predicted molar refractivity (Wildman–Crippen MR) is 110 cm³/mol. The van der Waals surface area contributed by atoms with Crippen LogP contribution in [0.25, 0.3) is 6.08 Å². The highest BCUT2D eigenvalue weighted by molar-refractivity contribution is 6.15.